The SMILES string of the molecule is CC(=O)c1cc(CC(=O)N2CCC[C@H](c3n[nH]c(C)n3)C2)cs1. The van der Waals surface area contributed by atoms with Gasteiger partial charge in [-0.3, -0.25) is 14.7 Å². The number of ketones is 1. The molecule has 122 valence electrons. The molecule has 6 nitrogen and oxygen atoms in total. The fourth-order valence-corrected chi connectivity index (χ4v) is 3.71. The summed E-state index contributed by atoms with van der Waals surface area (Å²) < 4.78 is 0. The highest BCUT2D eigenvalue weighted by Crippen LogP contribution is 2.25. The van der Waals surface area contributed by atoms with Crippen LogP contribution in [0.1, 0.15) is 52.6 Å². The van der Waals surface area contributed by atoms with Gasteiger partial charge < -0.3 is 4.90 Å². The number of piperidine rings is 1. The second-order valence-electron chi connectivity index (χ2n) is 6.01. The van der Waals surface area contributed by atoms with Crippen LogP contribution in [-0.2, 0) is 11.2 Å². The maximum atomic E-state index is 12.5. The molecule has 1 saturated heterocycles. The minimum Gasteiger partial charge on any atom is -0.342 e. The Bertz CT molecular complexity index is 721. The summed E-state index contributed by atoms with van der Waals surface area (Å²) in [5.74, 6) is 1.96. The van der Waals surface area contributed by atoms with Crippen molar-refractivity contribution in [3.8, 4) is 0 Å². The second kappa shape index (κ2) is 6.62. The molecule has 1 atom stereocenters. The van der Waals surface area contributed by atoms with Gasteiger partial charge in [-0.2, -0.15) is 5.10 Å². The predicted octanol–water partition coefficient (Wildman–Crippen LogP) is 2.33. The van der Waals surface area contributed by atoms with Gasteiger partial charge in [-0.15, -0.1) is 11.3 Å². The van der Waals surface area contributed by atoms with Gasteiger partial charge in [0, 0.05) is 19.0 Å². The number of rotatable bonds is 4. The number of carbonyl (C=O) groups is 2. The molecule has 0 unspecified atom stereocenters. The first kappa shape index (κ1) is 15.9. The van der Waals surface area contributed by atoms with E-state index in [1.54, 1.807) is 6.92 Å². The van der Waals surface area contributed by atoms with E-state index in [2.05, 4.69) is 15.2 Å². The minimum absolute atomic E-state index is 0.0479. The minimum atomic E-state index is 0.0479. The summed E-state index contributed by atoms with van der Waals surface area (Å²) in [6.07, 6.45) is 2.32. The van der Waals surface area contributed by atoms with Crippen molar-refractivity contribution in [2.75, 3.05) is 13.1 Å². The maximum absolute atomic E-state index is 12.5. The number of aromatic nitrogens is 3. The van der Waals surface area contributed by atoms with Gasteiger partial charge in [-0.05, 0) is 43.7 Å². The molecule has 1 fully saturated rings. The molecule has 0 radical (unpaired) electrons. The van der Waals surface area contributed by atoms with E-state index >= 15 is 0 Å². The number of aryl methyl sites for hydroxylation is 1. The number of hydrogen-bond donors (Lipinski definition) is 1. The fourth-order valence-electron chi connectivity index (χ4n) is 2.90. The van der Waals surface area contributed by atoms with Gasteiger partial charge in [0.1, 0.15) is 5.82 Å². The first-order valence-corrected chi connectivity index (χ1v) is 8.66. The van der Waals surface area contributed by atoms with E-state index in [9.17, 15) is 9.59 Å². The molecule has 7 heteroatoms. The summed E-state index contributed by atoms with van der Waals surface area (Å²) >= 11 is 1.40. The third kappa shape index (κ3) is 3.67. The number of Topliss-reactive ketones (excluding diaryl/α,β-unsaturated/α-hetero) is 1. The lowest BCUT2D eigenvalue weighted by Gasteiger charge is -2.31. The number of thiophene rings is 1. The Morgan fingerprint density at radius 3 is 2.96 bits per heavy atom. The molecule has 0 spiro atoms. The predicted molar refractivity (Wildman–Crippen MR) is 87.7 cm³/mol. The topological polar surface area (TPSA) is 79.0 Å². The third-order valence-electron chi connectivity index (χ3n) is 4.11. The first-order valence-electron chi connectivity index (χ1n) is 7.78. The number of H-pyrrole nitrogens is 1. The Morgan fingerprint density at radius 1 is 1.48 bits per heavy atom. The van der Waals surface area contributed by atoms with Crippen molar-refractivity contribution in [2.24, 2.45) is 0 Å². The molecule has 0 bridgehead atoms. The number of nitrogens with zero attached hydrogens (tertiary/aromatic N) is 3. The molecule has 0 aliphatic carbocycles. The maximum Gasteiger partial charge on any atom is 0.227 e. The average molecular weight is 332 g/mol. The molecule has 3 rings (SSSR count). The number of aromatic amines is 1. The van der Waals surface area contributed by atoms with Crippen LogP contribution in [0, 0.1) is 6.92 Å². The van der Waals surface area contributed by atoms with Crippen LogP contribution in [0.25, 0.3) is 0 Å². The van der Waals surface area contributed by atoms with Crippen LogP contribution >= 0.6 is 11.3 Å². The van der Waals surface area contributed by atoms with Crippen molar-refractivity contribution in [1.82, 2.24) is 20.1 Å². The van der Waals surface area contributed by atoms with E-state index in [1.165, 1.54) is 11.3 Å². The third-order valence-corrected chi connectivity index (χ3v) is 5.19. The van der Waals surface area contributed by atoms with Crippen LogP contribution < -0.4 is 0 Å². The Hall–Kier alpha value is -2.02. The number of hydrogen-bond acceptors (Lipinski definition) is 5. The summed E-state index contributed by atoms with van der Waals surface area (Å²) in [6, 6.07) is 1.82. The summed E-state index contributed by atoms with van der Waals surface area (Å²) in [7, 11) is 0. The molecular weight excluding hydrogens is 312 g/mol. The lowest BCUT2D eigenvalue weighted by atomic mass is 9.97. The van der Waals surface area contributed by atoms with Gasteiger partial charge in [0.05, 0.1) is 11.3 Å². The zero-order chi connectivity index (χ0) is 16.4. The molecule has 1 aliphatic rings. The molecule has 1 N–H and O–H groups in total. The van der Waals surface area contributed by atoms with Crippen LogP contribution in [0.3, 0.4) is 0 Å². The van der Waals surface area contributed by atoms with Crippen molar-refractivity contribution in [1.29, 1.82) is 0 Å². The van der Waals surface area contributed by atoms with Crippen molar-refractivity contribution in [3.63, 3.8) is 0 Å². The first-order chi connectivity index (χ1) is 11.0. The molecule has 1 amide bonds. The van der Waals surface area contributed by atoms with Gasteiger partial charge in [-0.1, -0.05) is 0 Å². The van der Waals surface area contributed by atoms with Crippen molar-refractivity contribution in [2.45, 2.75) is 39.0 Å². The summed E-state index contributed by atoms with van der Waals surface area (Å²) in [5, 5.41) is 9.00. The van der Waals surface area contributed by atoms with Gasteiger partial charge in [0.15, 0.2) is 11.6 Å². The molecular formula is C16H20N4O2S. The Kier molecular flexibility index (Phi) is 4.56. The van der Waals surface area contributed by atoms with Gasteiger partial charge >= 0.3 is 0 Å². The number of amides is 1. The molecule has 0 saturated carbocycles. The Morgan fingerprint density at radius 2 is 2.30 bits per heavy atom. The van der Waals surface area contributed by atoms with E-state index in [1.807, 2.05) is 23.3 Å². The summed E-state index contributed by atoms with van der Waals surface area (Å²) in [5.41, 5.74) is 0.918. The highest BCUT2D eigenvalue weighted by atomic mass is 32.1. The molecule has 2 aromatic heterocycles. The van der Waals surface area contributed by atoms with Crippen LogP contribution in [0.15, 0.2) is 11.4 Å². The second-order valence-corrected chi connectivity index (χ2v) is 6.92. The number of nitrogens with one attached hydrogen (secondary N) is 1. The molecule has 23 heavy (non-hydrogen) atoms. The van der Waals surface area contributed by atoms with Crippen molar-refractivity contribution < 1.29 is 9.59 Å². The average Bonchev–Trinajstić information content (AvgIpc) is 3.16. The lowest BCUT2D eigenvalue weighted by Crippen LogP contribution is -2.40. The lowest BCUT2D eigenvalue weighted by molar-refractivity contribution is -0.131. The Balaban J connectivity index is 1.63. The quantitative estimate of drug-likeness (QED) is 0.872. The summed E-state index contributed by atoms with van der Waals surface area (Å²) in [4.78, 5) is 30.9. The zero-order valence-electron chi connectivity index (χ0n) is 13.3. The van der Waals surface area contributed by atoms with Crippen LogP contribution in [0.5, 0.6) is 0 Å². The van der Waals surface area contributed by atoms with E-state index < -0.39 is 0 Å². The van der Waals surface area contributed by atoms with Crippen LogP contribution in [0.4, 0.5) is 0 Å². The van der Waals surface area contributed by atoms with Crippen LogP contribution in [0.2, 0.25) is 0 Å². The van der Waals surface area contributed by atoms with E-state index in [0.29, 0.717) is 17.8 Å². The molecule has 3 heterocycles. The van der Waals surface area contributed by atoms with Crippen molar-refractivity contribution in [3.05, 3.63) is 33.5 Å². The summed E-state index contributed by atoms with van der Waals surface area (Å²) in [6.45, 7) is 4.87. The highest BCUT2D eigenvalue weighted by Gasteiger charge is 2.27. The van der Waals surface area contributed by atoms with E-state index in [0.717, 1.165) is 36.6 Å². The van der Waals surface area contributed by atoms with E-state index in [-0.39, 0.29) is 17.6 Å². The van der Waals surface area contributed by atoms with Gasteiger partial charge in [-0.25, -0.2) is 4.98 Å². The molecule has 0 aromatic carbocycles. The smallest absolute Gasteiger partial charge is 0.227 e. The monoisotopic (exact) mass is 332 g/mol. The standard InChI is InChI=1S/C16H20N4O2S/c1-10(21)14-6-12(9-23-14)7-15(22)20-5-3-4-13(8-20)16-17-11(2)18-19-16/h6,9,13H,3-5,7-8H2,1-2H3,(H,17,18,19)/t13-/m0/s1. The van der Waals surface area contributed by atoms with E-state index in [4.69, 9.17) is 0 Å². The highest BCUT2D eigenvalue weighted by molar-refractivity contribution is 7.12. The van der Waals surface area contributed by atoms with Crippen LogP contribution in [-0.4, -0.2) is 44.9 Å². The normalized spacial score (nSPS) is 18.2. The molecule has 2 aromatic rings. The van der Waals surface area contributed by atoms with Crippen molar-refractivity contribution >= 4 is 23.0 Å². The molecule has 1 aliphatic heterocycles. The van der Waals surface area contributed by atoms with Gasteiger partial charge in [0.25, 0.3) is 0 Å². The fraction of sp³-hybridized carbons (Fsp3) is 0.500. The zero-order valence-corrected chi connectivity index (χ0v) is 14.2. The Labute approximate surface area is 138 Å². The number of likely N-dealkylation sites (tertiary alicyclic amines) is 1. The number of carbonyl (C=O) groups excluding carboxylic acids is 2. The largest absolute Gasteiger partial charge is 0.342 e. The van der Waals surface area contributed by atoms with Gasteiger partial charge in [0.2, 0.25) is 5.91 Å².